The van der Waals surface area contributed by atoms with E-state index in [0.29, 0.717) is 18.2 Å². The molecule has 2 unspecified atom stereocenters. The Labute approximate surface area is 119 Å². The van der Waals surface area contributed by atoms with E-state index in [1.165, 1.54) is 6.07 Å². The average Bonchev–Trinajstić information content (AvgIpc) is 2.84. The summed E-state index contributed by atoms with van der Waals surface area (Å²) in [5, 5.41) is 13.2. The molecular weight excluding hydrogens is 259 g/mol. The summed E-state index contributed by atoms with van der Waals surface area (Å²) in [5.41, 5.74) is 0.519. The monoisotopic (exact) mass is 282 g/mol. The lowest BCUT2D eigenvalue weighted by molar-refractivity contribution is 0.0268. The van der Waals surface area contributed by atoms with Gasteiger partial charge in [-0.15, -0.1) is 0 Å². The summed E-state index contributed by atoms with van der Waals surface area (Å²) >= 11 is 0. The van der Waals surface area contributed by atoms with Gasteiger partial charge in [-0.05, 0) is 26.1 Å². The highest BCUT2D eigenvalue weighted by atomic mass is 19.1. The van der Waals surface area contributed by atoms with Gasteiger partial charge in [0.15, 0.2) is 0 Å². The summed E-state index contributed by atoms with van der Waals surface area (Å²) in [5.74, 6) is -0.269. The molecule has 20 heavy (non-hydrogen) atoms. The van der Waals surface area contributed by atoms with Crippen molar-refractivity contribution in [2.75, 3.05) is 33.3 Å². The second kappa shape index (κ2) is 7.69. The van der Waals surface area contributed by atoms with E-state index in [1.807, 2.05) is 0 Å². The lowest BCUT2D eigenvalue weighted by Crippen LogP contribution is -2.38. The highest BCUT2D eigenvalue weighted by Gasteiger charge is 2.19. The Kier molecular flexibility index (Phi) is 5.91. The molecular formula is C15H23FN2O2. The van der Waals surface area contributed by atoms with Crippen LogP contribution in [-0.2, 0) is 11.3 Å². The van der Waals surface area contributed by atoms with Crippen LogP contribution >= 0.6 is 0 Å². The van der Waals surface area contributed by atoms with Crippen molar-refractivity contribution in [3.8, 4) is 0 Å². The summed E-state index contributed by atoms with van der Waals surface area (Å²) in [7, 11) is 2.09. The molecule has 1 heterocycles. The maximum absolute atomic E-state index is 13.3. The van der Waals surface area contributed by atoms with E-state index in [1.54, 1.807) is 18.2 Å². The van der Waals surface area contributed by atoms with Gasteiger partial charge in [0.2, 0.25) is 0 Å². The van der Waals surface area contributed by atoms with Gasteiger partial charge in [-0.2, -0.15) is 0 Å². The van der Waals surface area contributed by atoms with Crippen molar-refractivity contribution in [2.24, 2.45) is 0 Å². The molecule has 0 saturated carbocycles. The molecule has 2 atom stereocenters. The van der Waals surface area contributed by atoms with Crippen LogP contribution < -0.4 is 5.32 Å². The Morgan fingerprint density at radius 1 is 1.50 bits per heavy atom. The van der Waals surface area contributed by atoms with Crippen LogP contribution in [0.1, 0.15) is 12.0 Å². The van der Waals surface area contributed by atoms with Crippen LogP contribution in [0.2, 0.25) is 0 Å². The van der Waals surface area contributed by atoms with Crippen molar-refractivity contribution in [1.29, 1.82) is 0 Å². The molecule has 112 valence electrons. The Balaban J connectivity index is 1.60. The second-order valence-corrected chi connectivity index (χ2v) is 5.42. The van der Waals surface area contributed by atoms with Crippen LogP contribution in [0.3, 0.4) is 0 Å². The molecule has 0 amide bonds. The van der Waals surface area contributed by atoms with Crippen molar-refractivity contribution >= 4 is 0 Å². The number of nitrogens with one attached hydrogen (secondary N) is 1. The SMILES string of the molecule is CN1CCC(NCC(O)COCc2ccccc2F)C1. The zero-order chi connectivity index (χ0) is 14.4. The van der Waals surface area contributed by atoms with Gasteiger partial charge < -0.3 is 20.1 Å². The summed E-state index contributed by atoms with van der Waals surface area (Å²) in [6.45, 7) is 3.02. The standard InChI is InChI=1S/C15H23FN2O2/c1-18-7-6-13(9-18)17-8-14(19)11-20-10-12-4-2-3-5-15(12)16/h2-5,13-14,17,19H,6-11H2,1H3. The third-order valence-electron chi connectivity index (χ3n) is 3.56. The number of ether oxygens (including phenoxy) is 1. The molecule has 2 rings (SSSR count). The number of aliphatic hydroxyl groups excluding tert-OH is 1. The molecule has 0 aliphatic carbocycles. The van der Waals surface area contributed by atoms with Crippen LogP contribution in [0.4, 0.5) is 4.39 Å². The van der Waals surface area contributed by atoms with Crippen molar-refractivity contribution in [3.05, 3.63) is 35.6 Å². The molecule has 0 aromatic heterocycles. The van der Waals surface area contributed by atoms with Gasteiger partial charge >= 0.3 is 0 Å². The van der Waals surface area contributed by atoms with Gasteiger partial charge in [0.25, 0.3) is 0 Å². The topological polar surface area (TPSA) is 44.7 Å². The number of benzene rings is 1. The molecule has 1 aromatic carbocycles. The van der Waals surface area contributed by atoms with E-state index in [9.17, 15) is 9.50 Å². The van der Waals surface area contributed by atoms with E-state index < -0.39 is 6.10 Å². The molecule has 1 aliphatic heterocycles. The lowest BCUT2D eigenvalue weighted by Gasteiger charge is -2.16. The zero-order valence-electron chi connectivity index (χ0n) is 11.9. The third kappa shape index (κ3) is 4.83. The molecule has 0 spiro atoms. The molecule has 5 heteroatoms. The van der Waals surface area contributed by atoms with Gasteiger partial charge in [-0.25, -0.2) is 4.39 Å². The van der Waals surface area contributed by atoms with Gasteiger partial charge in [0.1, 0.15) is 5.82 Å². The fourth-order valence-electron chi connectivity index (χ4n) is 2.38. The first kappa shape index (κ1) is 15.4. The number of hydrogen-bond acceptors (Lipinski definition) is 4. The molecule has 1 aromatic rings. The van der Waals surface area contributed by atoms with Crippen molar-refractivity contribution in [2.45, 2.75) is 25.2 Å². The van der Waals surface area contributed by atoms with Gasteiger partial charge in [0, 0.05) is 24.7 Å². The predicted molar refractivity (Wildman–Crippen MR) is 76.0 cm³/mol. The Morgan fingerprint density at radius 2 is 2.30 bits per heavy atom. The van der Waals surface area contributed by atoms with E-state index >= 15 is 0 Å². The minimum absolute atomic E-state index is 0.190. The highest BCUT2D eigenvalue weighted by Crippen LogP contribution is 2.08. The van der Waals surface area contributed by atoms with Crippen molar-refractivity contribution in [3.63, 3.8) is 0 Å². The van der Waals surface area contributed by atoms with Crippen LogP contribution in [0.15, 0.2) is 24.3 Å². The van der Waals surface area contributed by atoms with Crippen LogP contribution in [0.5, 0.6) is 0 Å². The molecule has 2 N–H and O–H groups in total. The van der Waals surface area contributed by atoms with Crippen LogP contribution in [0, 0.1) is 5.82 Å². The Hall–Kier alpha value is -1.01. The van der Waals surface area contributed by atoms with Gasteiger partial charge in [-0.1, -0.05) is 18.2 Å². The summed E-state index contributed by atoms with van der Waals surface area (Å²) < 4.78 is 18.7. The molecule has 0 radical (unpaired) electrons. The Morgan fingerprint density at radius 3 is 3.00 bits per heavy atom. The van der Waals surface area contributed by atoms with Gasteiger partial charge in [0.05, 0.1) is 19.3 Å². The Bertz CT molecular complexity index is 417. The number of nitrogens with zero attached hydrogens (tertiary/aromatic N) is 1. The number of likely N-dealkylation sites (tertiary alicyclic amines) is 1. The number of halogens is 1. The normalized spacial score (nSPS) is 21.2. The summed E-state index contributed by atoms with van der Waals surface area (Å²) in [4.78, 5) is 2.26. The van der Waals surface area contributed by atoms with Crippen molar-refractivity contribution < 1.29 is 14.2 Å². The minimum atomic E-state index is -0.562. The fraction of sp³-hybridized carbons (Fsp3) is 0.600. The molecule has 0 bridgehead atoms. The maximum Gasteiger partial charge on any atom is 0.128 e. The first-order valence-electron chi connectivity index (χ1n) is 7.06. The van der Waals surface area contributed by atoms with Gasteiger partial charge in [-0.3, -0.25) is 0 Å². The van der Waals surface area contributed by atoms with E-state index in [-0.39, 0.29) is 19.0 Å². The smallest absolute Gasteiger partial charge is 0.128 e. The zero-order valence-corrected chi connectivity index (χ0v) is 11.9. The summed E-state index contributed by atoms with van der Waals surface area (Å²) in [6.07, 6.45) is 0.548. The van der Waals surface area contributed by atoms with E-state index in [0.717, 1.165) is 19.5 Å². The number of likely N-dealkylation sites (N-methyl/N-ethyl adjacent to an activating group) is 1. The average molecular weight is 282 g/mol. The summed E-state index contributed by atoms with van der Waals surface area (Å²) in [6, 6.07) is 6.97. The molecule has 1 aliphatic rings. The number of rotatable bonds is 7. The quantitative estimate of drug-likeness (QED) is 0.783. The number of hydrogen-bond donors (Lipinski definition) is 2. The fourth-order valence-corrected chi connectivity index (χ4v) is 2.38. The largest absolute Gasteiger partial charge is 0.389 e. The molecule has 4 nitrogen and oxygen atoms in total. The first-order valence-corrected chi connectivity index (χ1v) is 7.06. The highest BCUT2D eigenvalue weighted by molar-refractivity contribution is 5.16. The lowest BCUT2D eigenvalue weighted by atomic mass is 10.2. The van der Waals surface area contributed by atoms with E-state index in [4.69, 9.17) is 4.74 Å². The number of aliphatic hydroxyl groups is 1. The van der Waals surface area contributed by atoms with Crippen molar-refractivity contribution in [1.82, 2.24) is 10.2 Å². The van der Waals surface area contributed by atoms with Crippen LogP contribution in [0.25, 0.3) is 0 Å². The molecule has 1 saturated heterocycles. The minimum Gasteiger partial charge on any atom is -0.389 e. The predicted octanol–water partition coefficient (Wildman–Crippen LogP) is 0.997. The first-order chi connectivity index (χ1) is 9.65. The third-order valence-corrected chi connectivity index (χ3v) is 3.56. The van der Waals surface area contributed by atoms with E-state index in [2.05, 4.69) is 17.3 Å². The maximum atomic E-state index is 13.3. The van der Waals surface area contributed by atoms with Crippen LogP contribution in [-0.4, -0.2) is 55.4 Å². The second-order valence-electron chi connectivity index (χ2n) is 5.42. The molecule has 1 fully saturated rings.